The van der Waals surface area contributed by atoms with Gasteiger partial charge >= 0.3 is 34.1 Å². The second-order valence-corrected chi connectivity index (χ2v) is 6.87. The molecule has 2 heterocycles. The number of rotatable bonds is 5. The van der Waals surface area contributed by atoms with Crippen molar-refractivity contribution in [2.24, 2.45) is 15.7 Å². The Kier molecular flexibility index (Phi) is 22.0. The zero-order chi connectivity index (χ0) is 26.2. The molecule has 0 aliphatic rings. The number of aromatic nitrogens is 2. The van der Waals surface area contributed by atoms with Crippen LogP contribution in [0.2, 0.25) is 0 Å². The van der Waals surface area contributed by atoms with E-state index in [1.807, 2.05) is 36.7 Å². The van der Waals surface area contributed by atoms with Crippen LogP contribution in [-0.4, -0.2) is 45.4 Å². The normalized spacial score (nSPS) is 10.1. The van der Waals surface area contributed by atoms with Crippen LogP contribution in [0.1, 0.15) is 17.5 Å². The first-order valence-corrected chi connectivity index (χ1v) is 10.2. The summed E-state index contributed by atoms with van der Waals surface area (Å²) in [6, 6.07) is 13.8. The van der Waals surface area contributed by atoms with E-state index in [4.69, 9.17) is 21.1 Å². The molecule has 0 fully saturated rings. The van der Waals surface area contributed by atoms with Crippen molar-refractivity contribution in [2.75, 3.05) is 13.1 Å². The molecule has 0 spiro atoms. The topological polar surface area (TPSA) is 243 Å². The number of nitrogens with two attached hydrogens (primary N) is 1. The van der Waals surface area contributed by atoms with Crippen molar-refractivity contribution >= 4 is 17.5 Å². The number of nitrogens with zero attached hydrogens (tertiary/aromatic N) is 5. The Labute approximate surface area is 240 Å². The maximum atomic E-state index is 11.3. The monoisotopic (exact) mass is 624 g/mol. The van der Waals surface area contributed by atoms with Crippen LogP contribution in [0.25, 0.3) is 11.4 Å². The average molecular weight is 626 g/mol. The Bertz CT molecular complexity index is 1120. The number of hydrogen-bond acceptors (Lipinski definition) is 11. The van der Waals surface area contributed by atoms with E-state index in [1.54, 1.807) is 6.07 Å². The van der Waals surface area contributed by atoms with Crippen molar-refractivity contribution in [3.05, 3.63) is 87.4 Å². The summed E-state index contributed by atoms with van der Waals surface area (Å²) in [4.78, 5) is 23.7. The van der Waals surface area contributed by atoms with Gasteiger partial charge in [0.1, 0.15) is 0 Å². The minimum absolute atomic E-state index is 0. The van der Waals surface area contributed by atoms with Crippen LogP contribution < -0.4 is 21.1 Å². The van der Waals surface area contributed by atoms with Gasteiger partial charge in [-0.2, -0.15) is 0 Å². The Hall–Kier alpha value is -3.58. The molecule has 0 saturated carbocycles. The van der Waals surface area contributed by atoms with Crippen molar-refractivity contribution in [2.45, 2.75) is 20.3 Å². The summed E-state index contributed by atoms with van der Waals surface area (Å²) < 4.78 is 0. The molecule has 3 aromatic rings. The van der Waals surface area contributed by atoms with Crippen LogP contribution >= 0.6 is 0 Å². The Morgan fingerprint density at radius 1 is 0.921 bits per heavy atom. The minimum atomic E-state index is -1.75. The van der Waals surface area contributed by atoms with Crippen molar-refractivity contribution in [3.8, 4) is 17.1 Å². The number of aliphatic imine (C=N–C) groups is 2. The van der Waals surface area contributed by atoms with Gasteiger partial charge < -0.3 is 46.8 Å². The SMILES string of the molecule is Cc1ccnc(-c2cc(C)ccn2)c1.NCCCN=C([O-])C([O-])=Nc1ccccc1[O-].O.O=[N+]([O-])[O-].[Cu+2].[Cu+2]. The van der Waals surface area contributed by atoms with Gasteiger partial charge in [0.15, 0.2) is 0 Å². The quantitative estimate of drug-likeness (QED) is 0.0996. The fourth-order valence-electron chi connectivity index (χ4n) is 2.40. The predicted molar refractivity (Wildman–Crippen MR) is 130 cm³/mol. The van der Waals surface area contributed by atoms with E-state index in [-0.39, 0.29) is 51.8 Å². The third-order valence-corrected chi connectivity index (χ3v) is 3.98. The van der Waals surface area contributed by atoms with Gasteiger partial charge in [0.25, 0.3) is 0 Å². The summed E-state index contributed by atoms with van der Waals surface area (Å²) in [5.41, 5.74) is 9.45. The van der Waals surface area contributed by atoms with Gasteiger partial charge in [-0.25, -0.2) is 0 Å². The van der Waals surface area contributed by atoms with Gasteiger partial charge in [0.2, 0.25) is 0 Å². The maximum Gasteiger partial charge on any atom is 2.00 e. The van der Waals surface area contributed by atoms with Crippen LogP contribution in [0.5, 0.6) is 5.75 Å². The Morgan fingerprint density at radius 2 is 1.39 bits per heavy atom. The fraction of sp³-hybridized carbons (Fsp3) is 0.217. The third kappa shape index (κ3) is 16.2. The van der Waals surface area contributed by atoms with Crippen LogP contribution in [-0.2, 0) is 34.1 Å². The number of aryl methyl sites for hydroxylation is 2. The number of benzene rings is 1. The zero-order valence-electron chi connectivity index (χ0n) is 20.3. The third-order valence-electron chi connectivity index (χ3n) is 3.98. The maximum absolute atomic E-state index is 11.3. The second kappa shape index (κ2) is 21.5. The minimum Gasteiger partial charge on any atom is -0.871 e. The first-order chi connectivity index (χ1) is 16.6. The molecule has 13 nitrogen and oxygen atoms in total. The van der Waals surface area contributed by atoms with E-state index in [1.165, 1.54) is 29.3 Å². The van der Waals surface area contributed by atoms with E-state index < -0.39 is 22.6 Å². The molecule has 0 atom stereocenters. The zero-order valence-corrected chi connectivity index (χ0v) is 22.1. The molecule has 0 unspecified atom stereocenters. The Balaban J connectivity index is -0.000000533. The van der Waals surface area contributed by atoms with Gasteiger partial charge in [-0.3, -0.25) is 15.0 Å². The number of para-hydroxylation sites is 2. The summed E-state index contributed by atoms with van der Waals surface area (Å²) in [6.07, 6.45) is 4.15. The smallest absolute Gasteiger partial charge is 0.871 e. The van der Waals surface area contributed by atoms with Crippen LogP contribution in [0.15, 0.2) is 70.9 Å². The summed E-state index contributed by atoms with van der Waals surface area (Å²) in [5.74, 6) is -2.40. The molecule has 2 aromatic heterocycles. The summed E-state index contributed by atoms with van der Waals surface area (Å²) in [7, 11) is 0. The Morgan fingerprint density at radius 3 is 1.82 bits per heavy atom. The van der Waals surface area contributed by atoms with E-state index in [2.05, 4.69) is 33.8 Å². The van der Waals surface area contributed by atoms with Crippen LogP contribution in [0, 0.1) is 29.2 Å². The molecule has 1 aromatic carbocycles. The molecule has 38 heavy (non-hydrogen) atoms. The summed E-state index contributed by atoms with van der Waals surface area (Å²) in [6.45, 7) is 4.70. The second-order valence-electron chi connectivity index (χ2n) is 6.87. The molecule has 0 aliphatic carbocycles. The van der Waals surface area contributed by atoms with Gasteiger partial charge in [0, 0.05) is 18.9 Å². The molecule has 3 rings (SSSR count). The first-order valence-electron chi connectivity index (χ1n) is 10.2. The molecule has 4 N–H and O–H groups in total. The van der Waals surface area contributed by atoms with Crippen molar-refractivity contribution in [3.63, 3.8) is 0 Å². The molecule has 0 amide bonds. The van der Waals surface area contributed by atoms with E-state index in [9.17, 15) is 15.3 Å². The van der Waals surface area contributed by atoms with Crippen LogP contribution in [0.3, 0.4) is 0 Å². The average Bonchev–Trinajstić information content (AvgIpc) is 2.81. The molecule has 0 aliphatic heterocycles. The molecule has 212 valence electrons. The fourth-order valence-corrected chi connectivity index (χ4v) is 2.40. The first kappa shape index (κ1) is 38.9. The summed E-state index contributed by atoms with van der Waals surface area (Å²) in [5, 5.41) is 48.4. The van der Waals surface area contributed by atoms with E-state index >= 15 is 0 Å². The standard InChI is InChI=1S/C12H12N2.C11H15N3O3.2Cu.NO3.H2O/c1-9-3-5-13-11(7-9)12-8-10(2)4-6-14-12;12-6-3-7-13-10(16)11(17)14-8-4-1-2-5-9(8)15;;;2-1(3)4;/h3-8H,1-2H3;1-2,4-5,15H,3,6-7,12H2,(H,13,16)(H,14,17);;;;1H2/q;;2*+2;-1;/p-3. The van der Waals surface area contributed by atoms with Crippen LogP contribution in [0.4, 0.5) is 5.69 Å². The van der Waals surface area contributed by atoms with E-state index in [0.29, 0.717) is 13.0 Å². The largest absolute Gasteiger partial charge is 2.00 e. The van der Waals surface area contributed by atoms with Crippen molar-refractivity contribution in [1.29, 1.82) is 0 Å². The van der Waals surface area contributed by atoms with Gasteiger partial charge in [-0.15, -0.1) is 0 Å². The molecular weight excluding hydrogens is 599 g/mol. The van der Waals surface area contributed by atoms with Crippen molar-refractivity contribution in [1.82, 2.24) is 9.97 Å². The molecule has 15 heteroatoms. The summed E-state index contributed by atoms with van der Waals surface area (Å²) >= 11 is 0. The van der Waals surface area contributed by atoms with E-state index in [0.717, 1.165) is 11.4 Å². The molecule has 2 radical (unpaired) electrons. The molecular formula is C23H26Cu2N6O7. The van der Waals surface area contributed by atoms with Gasteiger partial charge in [-0.05, 0) is 80.1 Å². The predicted octanol–water partition coefficient (Wildman–Crippen LogP) is -0.0503. The molecule has 0 bridgehead atoms. The molecule has 0 saturated heterocycles. The number of hydrogen-bond donors (Lipinski definition) is 1. The van der Waals surface area contributed by atoms with Crippen molar-refractivity contribution < 1.29 is 60.0 Å². The van der Waals surface area contributed by atoms with Gasteiger partial charge in [-0.1, -0.05) is 23.9 Å². The van der Waals surface area contributed by atoms with Gasteiger partial charge in [0.05, 0.1) is 22.2 Å². The number of pyridine rings is 2.